The molecule has 2 aromatic rings. The zero-order valence-corrected chi connectivity index (χ0v) is 13.3. The van der Waals surface area contributed by atoms with Gasteiger partial charge in [-0.1, -0.05) is 24.6 Å². The van der Waals surface area contributed by atoms with Crippen LogP contribution in [0.5, 0.6) is 0 Å². The fourth-order valence-electron chi connectivity index (χ4n) is 3.39. The van der Waals surface area contributed by atoms with E-state index in [-0.39, 0.29) is 12.3 Å². The van der Waals surface area contributed by atoms with E-state index in [1.165, 1.54) is 0 Å². The highest BCUT2D eigenvalue weighted by molar-refractivity contribution is 6.30. The van der Waals surface area contributed by atoms with Crippen LogP contribution in [-0.2, 0) is 17.6 Å². The van der Waals surface area contributed by atoms with Crippen molar-refractivity contribution in [3.63, 3.8) is 0 Å². The lowest BCUT2D eigenvalue weighted by Crippen LogP contribution is -2.15. The number of fused-ring (bicyclic) bond motifs is 1. The van der Waals surface area contributed by atoms with Gasteiger partial charge in [0.05, 0.1) is 17.8 Å². The van der Waals surface area contributed by atoms with Crippen LogP contribution in [0.2, 0.25) is 5.02 Å². The normalized spacial score (nSPS) is 17.3. The van der Waals surface area contributed by atoms with Crippen LogP contribution >= 0.6 is 11.6 Å². The fourth-order valence-corrected chi connectivity index (χ4v) is 3.57. The Morgan fingerprint density at radius 2 is 2.32 bits per heavy atom. The zero-order chi connectivity index (χ0) is 15.7. The Morgan fingerprint density at radius 1 is 1.50 bits per heavy atom. The van der Waals surface area contributed by atoms with Crippen molar-refractivity contribution < 1.29 is 9.90 Å². The number of benzene rings is 1. The third-order valence-corrected chi connectivity index (χ3v) is 4.52. The van der Waals surface area contributed by atoms with E-state index in [0.717, 1.165) is 48.3 Å². The van der Waals surface area contributed by atoms with Gasteiger partial charge in [-0.15, -0.1) is 0 Å². The molecule has 0 amide bonds. The van der Waals surface area contributed by atoms with Gasteiger partial charge in [-0.05, 0) is 49.8 Å². The number of carboxylic acid groups (broad SMARTS) is 1. The highest BCUT2D eigenvalue weighted by Gasteiger charge is 2.29. The number of hydrogen-bond donors (Lipinski definition) is 1. The molecule has 1 aliphatic rings. The molecule has 1 aliphatic carbocycles. The topological polar surface area (TPSA) is 55.1 Å². The third-order valence-electron chi connectivity index (χ3n) is 4.28. The summed E-state index contributed by atoms with van der Waals surface area (Å²) in [5.74, 6) is -0.667. The molecule has 0 radical (unpaired) electrons. The average Bonchev–Trinajstić information content (AvgIpc) is 2.86. The van der Waals surface area contributed by atoms with Crippen LogP contribution in [-0.4, -0.2) is 20.9 Å². The first-order chi connectivity index (χ1) is 10.6. The number of hydrogen-bond acceptors (Lipinski definition) is 2. The van der Waals surface area contributed by atoms with Gasteiger partial charge in [0.25, 0.3) is 0 Å². The molecule has 1 unspecified atom stereocenters. The minimum atomic E-state index is -0.740. The molecule has 0 aliphatic heterocycles. The number of carboxylic acids is 1. The molecule has 22 heavy (non-hydrogen) atoms. The molecule has 0 bridgehead atoms. The minimum absolute atomic E-state index is 0.0733. The summed E-state index contributed by atoms with van der Waals surface area (Å²) in [7, 11) is 0. The SMILES string of the molecule is CCc1nn(-c2cccc(Cl)c2)c2c1C(CC(=O)O)CCC2. The van der Waals surface area contributed by atoms with Crippen molar-refractivity contribution >= 4 is 17.6 Å². The first-order valence-electron chi connectivity index (χ1n) is 7.68. The van der Waals surface area contributed by atoms with E-state index in [1.54, 1.807) is 0 Å². The van der Waals surface area contributed by atoms with Crippen molar-refractivity contribution in [2.24, 2.45) is 0 Å². The molecule has 1 N–H and O–H groups in total. The first-order valence-corrected chi connectivity index (χ1v) is 8.06. The largest absolute Gasteiger partial charge is 0.481 e. The summed E-state index contributed by atoms with van der Waals surface area (Å²) in [6, 6.07) is 7.64. The maximum absolute atomic E-state index is 11.2. The summed E-state index contributed by atoms with van der Waals surface area (Å²) in [6.45, 7) is 2.07. The van der Waals surface area contributed by atoms with Gasteiger partial charge in [0.2, 0.25) is 0 Å². The maximum atomic E-state index is 11.2. The number of halogens is 1. The van der Waals surface area contributed by atoms with E-state index in [1.807, 2.05) is 28.9 Å². The lowest BCUT2D eigenvalue weighted by atomic mass is 9.82. The second-order valence-electron chi connectivity index (χ2n) is 5.74. The van der Waals surface area contributed by atoms with Crippen LogP contribution < -0.4 is 0 Å². The van der Waals surface area contributed by atoms with E-state index in [0.29, 0.717) is 5.02 Å². The van der Waals surface area contributed by atoms with Gasteiger partial charge in [-0.3, -0.25) is 4.79 Å². The summed E-state index contributed by atoms with van der Waals surface area (Å²) in [5, 5.41) is 14.6. The molecule has 116 valence electrons. The van der Waals surface area contributed by atoms with E-state index in [9.17, 15) is 9.90 Å². The fraction of sp³-hybridized carbons (Fsp3) is 0.412. The Hall–Kier alpha value is -1.81. The highest BCUT2D eigenvalue weighted by atomic mass is 35.5. The van der Waals surface area contributed by atoms with Crippen molar-refractivity contribution in [3.05, 3.63) is 46.2 Å². The molecule has 1 atom stereocenters. The van der Waals surface area contributed by atoms with Crippen LogP contribution in [0.1, 0.15) is 49.1 Å². The summed E-state index contributed by atoms with van der Waals surface area (Å²) in [6.07, 6.45) is 3.85. The number of aromatic nitrogens is 2. The Labute approximate surface area is 134 Å². The maximum Gasteiger partial charge on any atom is 0.303 e. The average molecular weight is 319 g/mol. The number of rotatable bonds is 4. The molecule has 0 saturated heterocycles. The molecule has 3 rings (SSSR count). The van der Waals surface area contributed by atoms with Crippen LogP contribution in [0.25, 0.3) is 5.69 Å². The van der Waals surface area contributed by atoms with Gasteiger partial charge >= 0.3 is 5.97 Å². The smallest absolute Gasteiger partial charge is 0.303 e. The van der Waals surface area contributed by atoms with Crippen LogP contribution in [0.3, 0.4) is 0 Å². The summed E-state index contributed by atoms with van der Waals surface area (Å²) < 4.78 is 1.95. The van der Waals surface area contributed by atoms with Gasteiger partial charge in [0.15, 0.2) is 0 Å². The predicted molar refractivity (Wildman–Crippen MR) is 85.9 cm³/mol. The van der Waals surface area contributed by atoms with E-state index >= 15 is 0 Å². The van der Waals surface area contributed by atoms with E-state index < -0.39 is 5.97 Å². The molecule has 1 aromatic carbocycles. The number of nitrogens with zero attached hydrogens (tertiary/aromatic N) is 2. The Balaban J connectivity index is 2.11. The molecule has 1 heterocycles. The molecular weight excluding hydrogens is 300 g/mol. The minimum Gasteiger partial charge on any atom is -0.481 e. The van der Waals surface area contributed by atoms with E-state index in [4.69, 9.17) is 16.7 Å². The monoisotopic (exact) mass is 318 g/mol. The predicted octanol–water partition coefficient (Wildman–Crippen LogP) is 3.98. The van der Waals surface area contributed by atoms with Crippen LogP contribution in [0.15, 0.2) is 24.3 Å². The molecular formula is C17H19ClN2O2. The van der Waals surface area contributed by atoms with Crippen LogP contribution in [0.4, 0.5) is 0 Å². The molecule has 5 heteroatoms. The first kappa shape index (κ1) is 15.1. The van der Waals surface area contributed by atoms with Gasteiger partial charge in [0.1, 0.15) is 0 Å². The van der Waals surface area contributed by atoms with E-state index in [2.05, 4.69) is 6.92 Å². The molecule has 1 aromatic heterocycles. The lowest BCUT2D eigenvalue weighted by Gasteiger charge is -2.22. The second-order valence-corrected chi connectivity index (χ2v) is 6.18. The van der Waals surface area contributed by atoms with Crippen molar-refractivity contribution in [2.75, 3.05) is 0 Å². The Bertz CT molecular complexity index is 709. The van der Waals surface area contributed by atoms with Crippen molar-refractivity contribution in [3.8, 4) is 5.69 Å². The van der Waals surface area contributed by atoms with Crippen molar-refractivity contribution in [2.45, 2.75) is 44.9 Å². The quantitative estimate of drug-likeness (QED) is 0.927. The Kier molecular flexibility index (Phi) is 4.21. The summed E-state index contributed by atoms with van der Waals surface area (Å²) in [5.41, 5.74) is 4.26. The zero-order valence-electron chi connectivity index (χ0n) is 12.6. The van der Waals surface area contributed by atoms with Gasteiger partial charge in [-0.2, -0.15) is 5.10 Å². The summed E-state index contributed by atoms with van der Waals surface area (Å²) >= 11 is 6.10. The molecule has 4 nitrogen and oxygen atoms in total. The van der Waals surface area contributed by atoms with Gasteiger partial charge < -0.3 is 5.11 Å². The summed E-state index contributed by atoms with van der Waals surface area (Å²) in [4.78, 5) is 11.2. The highest BCUT2D eigenvalue weighted by Crippen LogP contribution is 2.37. The standard InChI is InChI=1S/C17H19ClN2O2/c1-2-14-17-11(9-16(21)22)5-3-8-15(17)20(19-14)13-7-4-6-12(18)10-13/h4,6-7,10-11H,2-3,5,8-9H2,1H3,(H,21,22). The van der Waals surface area contributed by atoms with Crippen LogP contribution in [0, 0.1) is 0 Å². The lowest BCUT2D eigenvalue weighted by molar-refractivity contribution is -0.137. The molecule has 0 fully saturated rings. The number of aryl methyl sites for hydroxylation is 1. The molecule has 0 saturated carbocycles. The number of aliphatic carboxylic acids is 1. The van der Waals surface area contributed by atoms with Crippen molar-refractivity contribution in [1.29, 1.82) is 0 Å². The molecule has 0 spiro atoms. The Morgan fingerprint density at radius 3 is 3.00 bits per heavy atom. The third kappa shape index (κ3) is 2.75. The van der Waals surface area contributed by atoms with Gasteiger partial charge in [0, 0.05) is 16.3 Å². The van der Waals surface area contributed by atoms with Crippen molar-refractivity contribution in [1.82, 2.24) is 9.78 Å². The second kappa shape index (κ2) is 6.13. The van der Waals surface area contributed by atoms with Gasteiger partial charge in [-0.25, -0.2) is 4.68 Å². The number of carbonyl (C=O) groups is 1.